The summed E-state index contributed by atoms with van der Waals surface area (Å²) in [5.74, 6) is -1.34. The zero-order valence-electron chi connectivity index (χ0n) is 11.9. The maximum absolute atomic E-state index is 13.2. The summed E-state index contributed by atoms with van der Waals surface area (Å²) < 4.78 is 39.8. The molecule has 0 bridgehead atoms. The van der Waals surface area contributed by atoms with Crippen LogP contribution >= 0.6 is 0 Å². The minimum Gasteiger partial charge on any atom is -0.289 e. The topological polar surface area (TPSA) is 95.5 Å². The molecule has 118 valence electrons. The molecule has 0 spiro atoms. The largest absolute Gasteiger partial charge is 0.289 e. The third kappa shape index (κ3) is 4.76. The number of benzene rings is 1. The van der Waals surface area contributed by atoms with Crippen molar-refractivity contribution in [2.75, 3.05) is 0 Å². The Labute approximate surface area is 123 Å². The summed E-state index contributed by atoms with van der Waals surface area (Å²) in [7, 11) is -3.97. The first-order valence-electron chi connectivity index (χ1n) is 6.54. The molecule has 1 atom stereocenters. The fraction of sp³-hybridized carbons (Fsp3) is 0.462. The normalized spacial score (nSPS) is 13.0. The van der Waals surface area contributed by atoms with Gasteiger partial charge in [0.25, 0.3) is 5.91 Å². The standard InChI is InChI=1S/C13H19FN2O4S/c1-3-4-5-12(13(17)15-18)16-21(19,20)10-6-7-11(14)9(2)8-10/h6-8,12,16,18H,3-5H2,1-2H3,(H,15,17). The molecule has 0 fully saturated rings. The summed E-state index contributed by atoms with van der Waals surface area (Å²) >= 11 is 0. The van der Waals surface area contributed by atoms with Crippen LogP contribution in [0.3, 0.4) is 0 Å². The van der Waals surface area contributed by atoms with E-state index >= 15 is 0 Å². The van der Waals surface area contributed by atoms with E-state index in [2.05, 4.69) is 4.72 Å². The average molecular weight is 318 g/mol. The molecule has 0 saturated heterocycles. The van der Waals surface area contributed by atoms with Gasteiger partial charge in [0.1, 0.15) is 11.9 Å². The molecule has 0 aromatic heterocycles. The number of rotatable bonds is 7. The summed E-state index contributed by atoms with van der Waals surface area (Å²) in [5, 5.41) is 8.67. The van der Waals surface area contributed by atoms with Crippen LogP contribution in [0.5, 0.6) is 0 Å². The van der Waals surface area contributed by atoms with Gasteiger partial charge in [-0.3, -0.25) is 10.0 Å². The van der Waals surface area contributed by atoms with Gasteiger partial charge >= 0.3 is 0 Å². The van der Waals surface area contributed by atoms with Gasteiger partial charge in [0.05, 0.1) is 4.90 Å². The lowest BCUT2D eigenvalue weighted by Gasteiger charge is -2.16. The van der Waals surface area contributed by atoms with Gasteiger partial charge in [-0.15, -0.1) is 0 Å². The average Bonchev–Trinajstić information content (AvgIpc) is 2.45. The zero-order chi connectivity index (χ0) is 16.0. The lowest BCUT2D eigenvalue weighted by atomic mass is 10.1. The molecule has 6 nitrogen and oxygen atoms in total. The monoisotopic (exact) mass is 318 g/mol. The summed E-state index contributed by atoms with van der Waals surface area (Å²) in [6.07, 6.45) is 1.64. The van der Waals surface area contributed by atoms with Crippen LogP contribution in [0, 0.1) is 12.7 Å². The van der Waals surface area contributed by atoms with Crippen molar-refractivity contribution in [3.63, 3.8) is 0 Å². The number of carbonyl (C=O) groups excluding carboxylic acids is 1. The van der Waals surface area contributed by atoms with Gasteiger partial charge < -0.3 is 0 Å². The maximum atomic E-state index is 13.2. The van der Waals surface area contributed by atoms with Gasteiger partial charge in [-0.05, 0) is 37.1 Å². The predicted octanol–water partition coefficient (Wildman–Crippen LogP) is 1.48. The highest BCUT2D eigenvalue weighted by molar-refractivity contribution is 7.89. The Bertz CT molecular complexity index is 604. The van der Waals surface area contributed by atoms with Crippen LogP contribution in [0.25, 0.3) is 0 Å². The van der Waals surface area contributed by atoms with E-state index in [1.54, 1.807) is 0 Å². The lowest BCUT2D eigenvalue weighted by Crippen LogP contribution is -2.45. The molecule has 0 aliphatic rings. The summed E-state index contributed by atoms with van der Waals surface area (Å²) in [4.78, 5) is 11.4. The Kier molecular flexibility index (Phi) is 6.25. The first-order chi connectivity index (χ1) is 9.81. The van der Waals surface area contributed by atoms with Crippen LogP contribution < -0.4 is 10.2 Å². The number of halogens is 1. The quantitative estimate of drug-likeness (QED) is 0.524. The second-order valence-corrected chi connectivity index (χ2v) is 6.42. The maximum Gasteiger partial charge on any atom is 0.261 e. The van der Waals surface area contributed by atoms with Crippen molar-refractivity contribution >= 4 is 15.9 Å². The number of hydrogen-bond acceptors (Lipinski definition) is 4. The molecule has 1 unspecified atom stereocenters. The molecule has 0 saturated carbocycles. The van der Waals surface area contributed by atoms with Crippen LogP contribution in [-0.4, -0.2) is 25.6 Å². The van der Waals surface area contributed by atoms with Crippen LogP contribution in [0.4, 0.5) is 4.39 Å². The molecule has 0 heterocycles. The fourth-order valence-corrected chi connectivity index (χ4v) is 3.08. The third-order valence-corrected chi connectivity index (χ3v) is 4.48. The smallest absolute Gasteiger partial charge is 0.261 e. The van der Waals surface area contributed by atoms with E-state index in [1.807, 2.05) is 6.92 Å². The lowest BCUT2D eigenvalue weighted by molar-refractivity contribution is -0.131. The molecule has 0 aliphatic heterocycles. The molecule has 8 heteroatoms. The van der Waals surface area contributed by atoms with E-state index < -0.39 is 27.8 Å². The highest BCUT2D eigenvalue weighted by atomic mass is 32.2. The molecule has 3 N–H and O–H groups in total. The molecular weight excluding hydrogens is 299 g/mol. The number of hydroxylamine groups is 1. The molecule has 1 amide bonds. The minimum absolute atomic E-state index is 0.131. The van der Waals surface area contributed by atoms with Gasteiger partial charge in [-0.2, -0.15) is 4.72 Å². The van der Waals surface area contributed by atoms with E-state index in [1.165, 1.54) is 18.5 Å². The number of carbonyl (C=O) groups is 1. The third-order valence-electron chi connectivity index (χ3n) is 3.01. The summed E-state index contributed by atoms with van der Waals surface area (Å²) in [6.45, 7) is 3.34. The highest BCUT2D eigenvalue weighted by Crippen LogP contribution is 2.15. The molecule has 1 aromatic rings. The van der Waals surface area contributed by atoms with E-state index in [9.17, 15) is 17.6 Å². The Balaban J connectivity index is 2.99. The van der Waals surface area contributed by atoms with Crippen LogP contribution in [0.15, 0.2) is 23.1 Å². The van der Waals surface area contributed by atoms with Crippen molar-refractivity contribution in [2.24, 2.45) is 0 Å². The molecule has 0 radical (unpaired) electrons. The van der Waals surface area contributed by atoms with Crippen LogP contribution in [-0.2, 0) is 14.8 Å². The first-order valence-corrected chi connectivity index (χ1v) is 8.02. The number of sulfonamides is 1. The predicted molar refractivity (Wildman–Crippen MR) is 74.7 cm³/mol. The van der Waals surface area contributed by atoms with Crippen LogP contribution in [0.1, 0.15) is 31.7 Å². The van der Waals surface area contributed by atoms with Crippen molar-refractivity contribution in [3.05, 3.63) is 29.6 Å². The summed E-state index contributed by atoms with van der Waals surface area (Å²) in [6, 6.07) is 2.28. The second kappa shape index (κ2) is 7.48. The minimum atomic E-state index is -3.97. The molecule has 0 aliphatic carbocycles. The van der Waals surface area contributed by atoms with Crippen molar-refractivity contribution < 1.29 is 22.8 Å². The van der Waals surface area contributed by atoms with Crippen molar-refractivity contribution in [1.29, 1.82) is 0 Å². The summed E-state index contributed by atoms with van der Waals surface area (Å²) in [5.41, 5.74) is 1.63. The molecule has 1 aromatic carbocycles. The van der Waals surface area contributed by atoms with Gasteiger partial charge in [-0.1, -0.05) is 19.8 Å². The number of nitrogens with one attached hydrogen (secondary N) is 2. The highest BCUT2D eigenvalue weighted by Gasteiger charge is 2.25. The van der Waals surface area contributed by atoms with Crippen molar-refractivity contribution in [1.82, 2.24) is 10.2 Å². The second-order valence-electron chi connectivity index (χ2n) is 4.70. The van der Waals surface area contributed by atoms with Gasteiger partial charge in [0.15, 0.2) is 0 Å². The van der Waals surface area contributed by atoms with E-state index in [4.69, 9.17) is 5.21 Å². The van der Waals surface area contributed by atoms with Gasteiger partial charge in [0, 0.05) is 0 Å². The van der Waals surface area contributed by atoms with E-state index in [-0.39, 0.29) is 16.9 Å². The molecule has 1 rings (SSSR count). The molecule has 21 heavy (non-hydrogen) atoms. The van der Waals surface area contributed by atoms with Gasteiger partial charge in [-0.25, -0.2) is 18.3 Å². The Morgan fingerprint density at radius 1 is 1.43 bits per heavy atom. The Morgan fingerprint density at radius 2 is 2.10 bits per heavy atom. The number of amides is 1. The zero-order valence-corrected chi connectivity index (χ0v) is 12.7. The first kappa shape index (κ1) is 17.5. The Morgan fingerprint density at radius 3 is 2.62 bits per heavy atom. The van der Waals surface area contributed by atoms with Crippen LogP contribution in [0.2, 0.25) is 0 Å². The fourth-order valence-electron chi connectivity index (χ4n) is 1.77. The van der Waals surface area contributed by atoms with E-state index in [0.29, 0.717) is 6.42 Å². The molecular formula is C13H19FN2O4S. The Hall–Kier alpha value is -1.51. The number of unbranched alkanes of at least 4 members (excludes halogenated alkanes) is 1. The van der Waals surface area contributed by atoms with Gasteiger partial charge in [0.2, 0.25) is 10.0 Å². The van der Waals surface area contributed by atoms with Crippen molar-refractivity contribution in [3.8, 4) is 0 Å². The van der Waals surface area contributed by atoms with Crippen molar-refractivity contribution in [2.45, 2.75) is 44.0 Å². The number of aryl methyl sites for hydroxylation is 1. The van der Waals surface area contributed by atoms with E-state index in [0.717, 1.165) is 18.6 Å². The number of hydrogen-bond donors (Lipinski definition) is 3. The SMILES string of the molecule is CCCCC(NS(=O)(=O)c1ccc(F)c(C)c1)C(=O)NO.